The summed E-state index contributed by atoms with van der Waals surface area (Å²) in [6.07, 6.45) is -0.0116. The van der Waals surface area contributed by atoms with Crippen LogP contribution in [0.4, 0.5) is 0 Å². The molecule has 0 saturated carbocycles. The van der Waals surface area contributed by atoms with Crippen molar-refractivity contribution in [3.05, 3.63) is 35.9 Å². The van der Waals surface area contributed by atoms with Crippen LogP contribution >= 0.6 is 12.4 Å². The molecule has 1 saturated heterocycles. The third-order valence-corrected chi connectivity index (χ3v) is 2.68. The first-order valence-corrected chi connectivity index (χ1v) is 5.37. The van der Waals surface area contributed by atoms with Gasteiger partial charge in [0, 0.05) is 19.6 Å². The van der Waals surface area contributed by atoms with Gasteiger partial charge in [0.1, 0.15) is 0 Å². The first-order valence-electron chi connectivity index (χ1n) is 5.37. The highest BCUT2D eigenvalue weighted by molar-refractivity contribution is 5.85. The summed E-state index contributed by atoms with van der Waals surface area (Å²) >= 11 is 0. The lowest BCUT2D eigenvalue weighted by Gasteiger charge is -2.31. The number of halogens is 1. The maximum absolute atomic E-state index is 9.02. The van der Waals surface area contributed by atoms with Crippen LogP contribution < -0.4 is 0 Å². The predicted octanol–water partition coefficient (Wildman–Crippen LogP) is 1.30. The van der Waals surface area contributed by atoms with Gasteiger partial charge >= 0.3 is 0 Å². The van der Waals surface area contributed by atoms with Crippen LogP contribution in [0.25, 0.3) is 0 Å². The Morgan fingerprint density at radius 3 is 2.75 bits per heavy atom. The molecule has 1 N–H and O–H groups in total. The average molecular weight is 244 g/mol. The molecule has 4 heteroatoms. The molecule has 0 amide bonds. The number of nitrogens with zero attached hydrogens (tertiary/aromatic N) is 1. The third-order valence-electron chi connectivity index (χ3n) is 2.68. The molecule has 1 aliphatic heterocycles. The van der Waals surface area contributed by atoms with Gasteiger partial charge in [0.2, 0.25) is 0 Å². The largest absolute Gasteiger partial charge is 0.394 e. The molecule has 1 aliphatic rings. The molecular formula is C12H18ClNO2. The van der Waals surface area contributed by atoms with E-state index in [0.29, 0.717) is 0 Å². The summed E-state index contributed by atoms with van der Waals surface area (Å²) in [5.41, 5.74) is 1.32. The van der Waals surface area contributed by atoms with Crippen molar-refractivity contribution in [2.24, 2.45) is 0 Å². The number of hydrogen-bond acceptors (Lipinski definition) is 3. The summed E-state index contributed by atoms with van der Waals surface area (Å²) in [4.78, 5) is 2.32. The van der Waals surface area contributed by atoms with Gasteiger partial charge < -0.3 is 9.84 Å². The minimum absolute atomic E-state index is 0. The van der Waals surface area contributed by atoms with Gasteiger partial charge in [-0.15, -0.1) is 12.4 Å². The summed E-state index contributed by atoms with van der Waals surface area (Å²) in [5, 5.41) is 9.02. The monoisotopic (exact) mass is 243 g/mol. The number of rotatable bonds is 3. The number of hydrogen-bond donors (Lipinski definition) is 1. The van der Waals surface area contributed by atoms with Crippen LogP contribution in [-0.2, 0) is 11.3 Å². The van der Waals surface area contributed by atoms with Crippen LogP contribution in [0.1, 0.15) is 5.56 Å². The fourth-order valence-corrected chi connectivity index (χ4v) is 1.88. The molecule has 0 unspecified atom stereocenters. The maximum Gasteiger partial charge on any atom is 0.0933 e. The van der Waals surface area contributed by atoms with E-state index in [1.807, 2.05) is 6.07 Å². The Morgan fingerprint density at radius 1 is 1.31 bits per heavy atom. The van der Waals surface area contributed by atoms with Crippen LogP contribution in [0.3, 0.4) is 0 Å². The highest BCUT2D eigenvalue weighted by Gasteiger charge is 2.19. The van der Waals surface area contributed by atoms with E-state index in [1.165, 1.54) is 5.56 Å². The van der Waals surface area contributed by atoms with E-state index in [-0.39, 0.29) is 25.1 Å². The van der Waals surface area contributed by atoms with Crippen molar-refractivity contribution < 1.29 is 9.84 Å². The van der Waals surface area contributed by atoms with Gasteiger partial charge in [0.25, 0.3) is 0 Å². The van der Waals surface area contributed by atoms with Crippen molar-refractivity contribution in [1.29, 1.82) is 0 Å². The Hall–Kier alpha value is -0.610. The fourth-order valence-electron chi connectivity index (χ4n) is 1.88. The van der Waals surface area contributed by atoms with Crippen molar-refractivity contribution in [3.8, 4) is 0 Å². The van der Waals surface area contributed by atoms with Crippen LogP contribution in [0.2, 0.25) is 0 Å². The summed E-state index contributed by atoms with van der Waals surface area (Å²) in [7, 11) is 0. The van der Waals surface area contributed by atoms with Crippen molar-refractivity contribution in [2.75, 3.05) is 26.3 Å². The molecule has 1 aromatic carbocycles. The lowest BCUT2D eigenvalue weighted by Crippen LogP contribution is -2.43. The predicted molar refractivity (Wildman–Crippen MR) is 65.8 cm³/mol. The zero-order valence-corrected chi connectivity index (χ0v) is 10.0. The highest BCUT2D eigenvalue weighted by Crippen LogP contribution is 2.09. The molecule has 1 heterocycles. The van der Waals surface area contributed by atoms with Crippen LogP contribution in [-0.4, -0.2) is 42.4 Å². The minimum atomic E-state index is -0.0116. The molecule has 16 heavy (non-hydrogen) atoms. The van der Waals surface area contributed by atoms with E-state index in [9.17, 15) is 0 Å². The summed E-state index contributed by atoms with van der Waals surface area (Å²) < 4.78 is 5.40. The minimum Gasteiger partial charge on any atom is -0.394 e. The second-order valence-electron chi connectivity index (χ2n) is 3.90. The van der Waals surface area contributed by atoms with E-state index < -0.39 is 0 Å². The molecule has 90 valence electrons. The Labute approximate surface area is 102 Å². The van der Waals surface area contributed by atoms with Crippen LogP contribution in [0.5, 0.6) is 0 Å². The van der Waals surface area contributed by atoms with Crippen molar-refractivity contribution >= 4 is 12.4 Å². The Bertz CT molecular complexity index is 294. The van der Waals surface area contributed by atoms with Crippen molar-refractivity contribution in [2.45, 2.75) is 12.6 Å². The molecule has 0 spiro atoms. The number of benzene rings is 1. The van der Waals surface area contributed by atoms with E-state index in [1.54, 1.807) is 0 Å². The lowest BCUT2D eigenvalue weighted by atomic mass is 10.2. The molecule has 1 fully saturated rings. The van der Waals surface area contributed by atoms with Crippen LogP contribution in [0, 0.1) is 0 Å². The van der Waals surface area contributed by atoms with E-state index in [2.05, 4.69) is 29.2 Å². The van der Waals surface area contributed by atoms with Gasteiger partial charge in [-0.05, 0) is 5.56 Å². The molecule has 3 nitrogen and oxygen atoms in total. The van der Waals surface area contributed by atoms with E-state index in [0.717, 1.165) is 26.2 Å². The van der Waals surface area contributed by atoms with Gasteiger partial charge in [-0.2, -0.15) is 0 Å². The fraction of sp³-hybridized carbons (Fsp3) is 0.500. The lowest BCUT2D eigenvalue weighted by molar-refractivity contribution is -0.0551. The van der Waals surface area contributed by atoms with Gasteiger partial charge in [0.05, 0.1) is 19.3 Å². The summed E-state index contributed by atoms with van der Waals surface area (Å²) in [5.74, 6) is 0. The zero-order valence-electron chi connectivity index (χ0n) is 9.21. The standard InChI is InChI=1S/C12H17NO2.ClH/c14-10-12-9-13(6-7-15-12)8-11-4-2-1-3-5-11;/h1-5,12,14H,6-10H2;1H/t12-;/m1./s1. The summed E-state index contributed by atoms with van der Waals surface area (Å²) in [6, 6.07) is 10.4. The number of morpholine rings is 1. The van der Waals surface area contributed by atoms with Crippen molar-refractivity contribution in [3.63, 3.8) is 0 Å². The highest BCUT2D eigenvalue weighted by atomic mass is 35.5. The Kier molecular flexibility index (Phi) is 5.77. The van der Waals surface area contributed by atoms with Gasteiger partial charge in [-0.3, -0.25) is 4.90 Å². The second kappa shape index (κ2) is 6.86. The van der Waals surface area contributed by atoms with Gasteiger partial charge in [-0.25, -0.2) is 0 Å². The normalized spacial score (nSPS) is 21.4. The molecule has 0 aliphatic carbocycles. The molecule has 2 rings (SSSR count). The molecular weight excluding hydrogens is 226 g/mol. The van der Waals surface area contributed by atoms with Gasteiger partial charge in [-0.1, -0.05) is 30.3 Å². The third kappa shape index (κ3) is 3.76. The molecule has 1 aromatic rings. The molecule has 0 radical (unpaired) electrons. The second-order valence-corrected chi connectivity index (χ2v) is 3.90. The average Bonchev–Trinajstić information content (AvgIpc) is 2.31. The Balaban J connectivity index is 0.00000128. The molecule has 0 bridgehead atoms. The number of ether oxygens (including phenoxy) is 1. The summed E-state index contributed by atoms with van der Waals surface area (Å²) in [6.45, 7) is 3.56. The SMILES string of the molecule is Cl.OC[C@H]1CN(Cc2ccccc2)CCO1. The van der Waals surface area contributed by atoms with Crippen molar-refractivity contribution in [1.82, 2.24) is 4.90 Å². The van der Waals surface area contributed by atoms with Gasteiger partial charge in [0.15, 0.2) is 0 Å². The number of aliphatic hydroxyl groups is 1. The quantitative estimate of drug-likeness (QED) is 0.869. The van der Waals surface area contributed by atoms with Crippen LogP contribution in [0.15, 0.2) is 30.3 Å². The Morgan fingerprint density at radius 2 is 2.06 bits per heavy atom. The van der Waals surface area contributed by atoms with E-state index in [4.69, 9.17) is 9.84 Å². The van der Waals surface area contributed by atoms with E-state index >= 15 is 0 Å². The first-order chi connectivity index (χ1) is 7.38. The topological polar surface area (TPSA) is 32.7 Å². The molecule has 0 aromatic heterocycles. The number of aliphatic hydroxyl groups excluding tert-OH is 1. The first kappa shape index (κ1) is 13.5. The maximum atomic E-state index is 9.02. The smallest absolute Gasteiger partial charge is 0.0933 e. The zero-order chi connectivity index (χ0) is 10.5. The molecule has 1 atom stereocenters.